The highest BCUT2D eigenvalue weighted by molar-refractivity contribution is 6.30. The number of benzene rings is 2. The van der Waals surface area contributed by atoms with Crippen molar-refractivity contribution in [3.63, 3.8) is 0 Å². The van der Waals surface area contributed by atoms with E-state index < -0.39 is 6.10 Å². The maximum atomic E-state index is 12.7. The first-order valence-electron chi connectivity index (χ1n) is 9.93. The molecule has 0 saturated carbocycles. The number of carbonyl (C=O) groups is 1. The number of methoxy groups -OCH3 is 1. The van der Waals surface area contributed by atoms with E-state index in [2.05, 4.69) is 12.2 Å². The molecule has 1 N–H and O–H groups in total. The standard InChI is InChI=1S/C23H30ClNO4/c1-5-14-28-20-11-6-17(15-21(20)27-4)12-13-25-23(26)22(29-16(2)3)18-7-9-19(24)10-8-18/h6-11,15-16,22H,5,12-14H2,1-4H3,(H,25,26). The molecule has 0 radical (unpaired) electrons. The number of nitrogens with one attached hydrogen (secondary N) is 1. The fraction of sp³-hybridized carbons (Fsp3) is 0.435. The lowest BCUT2D eigenvalue weighted by Gasteiger charge is -2.20. The Morgan fingerprint density at radius 3 is 2.45 bits per heavy atom. The van der Waals surface area contributed by atoms with Crippen LogP contribution in [0.2, 0.25) is 5.02 Å². The minimum Gasteiger partial charge on any atom is -0.493 e. The molecule has 2 rings (SSSR count). The summed E-state index contributed by atoms with van der Waals surface area (Å²) in [5.74, 6) is 1.26. The Hall–Kier alpha value is -2.24. The Morgan fingerprint density at radius 2 is 1.83 bits per heavy atom. The van der Waals surface area contributed by atoms with Gasteiger partial charge in [0.15, 0.2) is 17.6 Å². The van der Waals surface area contributed by atoms with Gasteiger partial charge in [0, 0.05) is 11.6 Å². The van der Waals surface area contributed by atoms with E-state index >= 15 is 0 Å². The van der Waals surface area contributed by atoms with Crippen molar-refractivity contribution in [1.29, 1.82) is 0 Å². The molecule has 158 valence electrons. The van der Waals surface area contributed by atoms with E-state index in [4.69, 9.17) is 25.8 Å². The lowest BCUT2D eigenvalue weighted by atomic mass is 10.1. The van der Waals surface area contributed by atoms with E-state index in [0.717, 1.165) is 23.3 Å². The van der Waals surface area contributed by atoms with Crippen LogP contribution in [0.1, 0.15) is 44.4 Å². The molecule has 1 unspecified atom stereocenters. The highest BCUT2D eigenvalue weighted by atomic mass is 35.5. The van der Waals surface area contributed by atoms with Gasteiger partial charge in [0.1, 0.15) is 0 Å². The van der Waals surface area contributed by atoms with Crippen LogP contribution in [-0.2, 0) is 16.0 Å². The van der Waals surface area contributed by atoms with Crippen molar-refractivity contribution in [3.8, 4) is 11.5 Å². The van der Waals surface area contributed by atoms with E-state index in [9.17, 15) is 4.79 Å². The van der Waals surface area contributed by atoms with Gasteiger partial charge in [-0.2, -0.15) is 0 Å². The average molecular weight is 420 g/mol. The summed E-state index contributed by atoms with van der Waals surface area (Å²) in [6.45, 7) is 7.01. The van der Waals surface area contributed by atoms with E-state index in [1.54, 1.807) is 19.2 Å². The second-order valence-corrected chi connectivity index (χ2v) is 7.43. The zero-order valence-corrected chi connectivity index (χ0v) is 18.3. The molecule has 0 spiro atoms. The Morgan fingerprint density at radius 1 is 1.10 bits per heavy atom. The first-order chi connectivity index (χ1) is 13.9. The quantitative estimate of drug-likeness (QED) is 0.559. The van der Waals surface area contributed by atoms with E-state index in [1.165, 1.54) is 0 Å². The number of ether oxygens (including phenoxy) is 3. The van der Waals surface area contributed by atoms with Crippen LogP contribution in [-0.4, -0.2) is 32.3 Å². The maximum Gasteiger partial charge on any atom is 0.253 e. The molecule has 2 aromatic rings. The summed E-state index contributed by atoms with van der Waals surface area (Å²) in [6.07, 6.45) is 0.850. The third-order valence-corrected chi connectivity index (χ3v) is 4.47. The van der Waals surface area contributed by atoms with Crippen molar-refractivity contribution < 1.29 is 19.0 Å². The van der Waals surface area contributed by atoms with Crippen molar-refractivity contribution in [2.24, 2.45) is 0 Å². The van der Waals surface area contributed by atoms with Gasteiger partial charge in [-0.05, 0) is 62.1 Å². The molecule has 1 atom stereocenters. The summed E-state index contributed by atoms with van der Waals surface area (Å²) in [4.78, 5) is 12.7. The van der Waals surface area contributed by atoms with Crippen LogP contribution < -0.4 is 14.8 Å². The number of rotatable bonds is 11. The Kier molecular flexibility index (Phi) is 9.29. The summed E-state index contributed by atoms with van der Waals surface area (Å²) >= 11 is 5.96. The van der Waals surface area contributed by atoms with Crippen LogP contribution in [0.3, 0.4) is 0 Å². The first kappa shape index (κ1) is 23.0. The monoisotopic (exact) mass is 419 g/mol. The summed E-state index contributed by atoms with van der Waals surface area (Å²) in [7, 11) is 1.62. The van der Waals surface area contributed by atoms with Crippen LogP contribution in [0.15, 0.2) is 42.5 Å². The van der Waals surface area contributed by atoms with Gasteiger partial charge in [-0.25, -0.2) is 0 Å². The van der Waals surface area contributed by atoms with Crippen LogP contribution >= 0.6 is 11.6 Å². The summed E-state index contributed by atoms with van der Waals surface area (Å²) in [5, 5.41) is 3.59. The van der Waals surface area contributed by atoms with Gasteiger partial charge < -0.3 is 19.5 Å². The average Bonchev–Trinajstić information content (AvgIpc) is 2.71. The molecule has 0 aliphatic rings. The molecule has 5 nitrogen and oxygen atoms in total. The molecule has 0 bridgehead atoms. The van der Waals surface area contributed by atoms with Gasteiger partial charge in [-0.3, -0.25) is 4.79 Å². The van der Waals surface area contributed by atoms with Crippen LogP contribution in [0.5, 0.6) is 11.5 Å². The van der Waals surface area contributed by atoms with E-state index in [-0.39, 0.29) is 12.0 Å². The van der Waals surface area contributed by atoms with Gasteiger partial charge >= 0.3 is 0 Å². The number of hydrogen-bond donors (Lipinski definition) is 1. The van der Waals surface area contributed by atoms with Crippen LogP contribution in [0, 0.1) is 0 Å². The predicted octanol–water partition coefficient (Wildman–Crippen LogP) is 4.96. The van der Waals surface area contributed by atoms with Gasteiger partial charge in [0.25, 0.3) is 5.91 Å². The van der Waals surface area contributed by atoms with Crippen LogP contribution in [0.4, 0.5) is 0 Å². The number of hydrogen-bond acceptors (Lipinski definition) is 4. The molecule has 0 aliphatic carbocycles. The molecular formula is C23H30ClNO4. The molecule has 2 aromatic carbocycles. The van der Waals surface area contributed by atoms with Gasteiger partial charge in [-0.1, -0.05) is 36.7 Å². The minimum absolute atomic E-state index is 0.0821. The molecule has 0 fully saturated rings. The Labute approximate surface area is 178 Å². The van der Waals surface area contributed by atoms with E-state index in [1.807, 2.05) is 44.2 Å². The predicted molar refractivity (Wildman–Crippen MR) is 116 cm³/mol. The zero-order valence-electron chi connectivity index (χ0n) is 17.5. The van der Waals surface area contributed by atoms with Crippen molar-refractivity contribution >= 4 is 17.5 Å². The lowest BCUT2D eigenvalue weighted by Crippen LogP contribution is -2.33. The highest BCUT2D eigenvalue weighted by Gasteiger charge is 2.22. The molecule has 0 aliphatic heterocycles. The Bertz CT molecular complexity index is 777. The summed E-state index contributed by atoms with van der Waals surface area (Å²) in [6, 6.07) is 13.0. The van der Waals surface area contributed by atoms with Crippen molar-refractivity contribution in [2.75, 3.05) is 20.3 Å². The van der Waals surface area contributed by atoms with Gasteiger partial charge in [0.05, 0.1) is 19.8 Å². The van der Waals surface area contributed by atoms with E-state index in [0.29, 0.717) is 30.3 Å². The van der Waals surface area contributed by atoms with Gasteiger partial charge in [0.2, 0.25) is 0 Å². The number of carbonyl (C=O) groups excluding carboxylic acids is 1. The molecular weight excluding hydrogens is 390 g/mol. The SMILES string of the molecule is CCCOc1ccc(CCNC(=O)C(OC(C)C)c2ccc(Cl)cc2)cc1OC. The number of halogens is 1. The zero-order chi connectivity index (χ0) is 21.2. The summed E-state index contributed by atoms with van der Waals surface area (Å²) in [5.41, 5.74) is 1.83. The number of amides is 1. The molecule has 6 heteroatoms. The van der Waals surface area contributed by atoms with Gasteiger partial charge in [-0.15, -0.1) is 0 Å². The third kappa shape index (κ3) is 7.26. The van der Waals surface area contributed by atoms with Crippen molar-refractivity contribution in [1.82, 2.24) is 5.32 Å². The maximum absolute atomic E-state index is 12.7. The first-order valence-corrected chi connectivity index (χ1v) is 10.3. The minimum atomic E-state index is -0.674. The molecule has 0 heterocycles. The normalized spacial score (nSPS) is 11.9. The van der Waals surface area contributed by atoms with Crippen molar-refractivity contribution in [2.45, 2.75) is 45.8 Å². The van der Waals surface area contributed by atoms with Crippen LogP contribution in [0.25, 0.3) is 0 Å². The third-order valence-electron chi connectivity index (χ3n) is 4.22. The van der Waals surface area contributed by atoms with Crippen molar-refractivity contribution in [3.05, 3.63) is 58.6 Å². The Balaban J connectivity index is 1.98. The molecule has 0 aromatic heterocycles. The molecule has 0 saturated heterocycles. The molecule has 1 amide bonds. The second kappa shape index (κ2) is 11.7. The smallest absolute Gasteiger partial charge is 0.253 e. The largest absolute Gasteiger partial charge is 0.493 e. The molecule has 29 heavy (non-hydrogen) atoms. The highest BCUT2D eigenvalue weighted by Crippen LogP contribution is 2.28. The lowest BCUT2D eigenvalue weighted by molar-refractivity contribution is -0.136. The fourth-order valence-electron chi connectivity index (χ4n) is 2.82. The summed E-state index contributed by atoms with van der Waals surface area (Å²) < 4.78 is 16.9. The second-order valence-electron chi connectivity index (χ2n) is 6.99. The topological polar surface area (TPSA) is 56.8 Å². The fourth-order valence-corrected chi connectivity index (χ4v) is 2.95.